The Hall–Kier alpha value is -1.22. The van der Waals surface area contributed by atoms with Crippen LogP contribution < -0.4 is 4.74 Å². The van der Waals surface area contributed by atoms with Crippen LogP contribution in [0.3, 0.4) is 0 Å². The molecular formula is C19H32O3. The summed E-state index contributed by atoms with van der Waals surface area (Å²) in [5.41, 5.74) is 0.980. The first-order valence-electron chi connectivity index (χ1n) is 8.72. The predicted octanol–water partition coefficient (Wildman–Crippen LogP) is 4.84. The van der Waals surface area contributed by atoms with E-state index in [1.54, 1.807) is 13.2 Å². The van der Waals surface area contributed by atoms with Gasteiger partial charge in [-0.05, 0) is 37.3 Å². The molecule has 3 heteroatoms. The Bertz CT molecular complexity index is 404. The standard InChI is InChI=1S/C19H32O3/c1-3-17(20)14-10-8-6-4-5-7-9-12-16-13-11-15-18(22-2)19(16)21/h11,13,15,17,20-21H,3-10,12,14H2,1-2H3. The van der Waals surface area contributed by atoms with Gasteiger partial charge < -0.3 is 14.9 Å². The molecule has 2 N–H and O–H groups in total. The molecule has 0 saturated heterocycles. The number of phenols is 1. The second-order valence-corrected chi connectivity index (χ2v) is 6.04. The molecule has 1 aromatic carbocycles. The lowest BCUT2D eigenvalue weighted by molar-refractivity contribution is 0.156. The van der Waals surface area contributed by atoms with Gasteiger partial charge in [-0.2, -0.15) is 0 Å². The van der Waals surface area contributed by atoms with Crippen molar-refractivity contribution in [3.8, 4) is 11.5 Å². The van der Waals surface area contributed by atoms with Crippen LogP contribution in [0.15, 0.2) is 18.2 Å². The Balaban J connectivity index is 2.04. The monoisotopic (exact) mass is 308 g/mol. The minimum atomic E-state index is -0.101. The number of benzene rings is 1. The number of ether oxygens (including phenoxy) is 1. The van der Waals surface area contributed by atoms with Gasteiger partial charge in [0.05, 0.1) is 13.2 Å². The van der Waals surface area contributed by atoms with Gasteiger partial charge in [-0.3, -0.25) is 0 Å². The van der Waals surface area contributed by atoms with Gasteiger partial charge in [-0.25, -0.2) is 0 Å². The van der Waals surface area contributed by atoms with Gasteiger partial charge in [0.2, 0.25) is 0 Å². The number of hydrogen-bond acceptors (Lipinski definition) is 3. The van der Waals surface area contributed by atoms with Crippen LogP contribution in [0.2, 0.25) is 0 Å². The predicted molar refractivity (Wildman–Crippen MR) is 91.6 cm³/mol. The SMILES string of the molecule is CCC(O)CCCCCCCCCc1cccc(OC)c1O. The summed E-state index contributed by atoms with van der Waals surface area (Å²) in [7, 11) is 1.58. The maximum Gasteiger partial charge on any atom is 0.160 e. The lowest BCUT2D eigenvalue weighted by atomic mass is 10.0. The molecule has 22 heavy (non-hydrogen) atoms. The Morgan fingerprint density at radius 1 is 1.00 bits per heavy atom. The zero-order valence-corrected chi connectivity index (χ0v) is 14.2. The number of aliphatic hydroxyl groups is 1. The average Bonchev–Trinajstić information content (AvgIpc) is 2.54. The lowest BCUT2D eigenvalue weighted by Crippen LogP contribution is -2.03. The zero-order valence-electron chi connectivity index (χ0n) is 14.2. The maximum atomic E-state index is 10.0. The van der Waals surface area contributed by atoms with Gasteiger partial charge in [0.15, 0.2) is 11.5 Å². The van der Waals surface area contributed by atoms with Crippen molar-refractivity contribution >= 4 is 0 Å². The Labute approximate surface area is 135 Å². The summed E-state index contributed by atoms with van der Waals surface area (Å²) in [5.74, 6) is 0.853. The summed E-state index contributed by atoms with van der Waals surface area (Å²) in [6.45, 7) is 2.03. The summed E-state index contributed by atoms with van der Waals surface area (Å²) in [5, 5.41) is 19.5. The summed E-state index contributed by atoms with van der Waals surface area (Å²) in [6, 6.07) is 5.68. The van der Waals surface area contributed by atoms with E-state index in [-0.39, 0.29) is 6.10 Å². The van der Waals surface area contributed by atoms with E-state index in [0.717, 1.165) is 37.7 Å². The zero-order chi connectivity index (χ0) is 16.2. The molecule has 0 fully saturated rings. The minimum Gasteiger partial charge on any atom is -0.504 e. The van der Waals surface area contributed by atoms with Crippen LogP contribution in [0.5, 0.6) is 11.5 Å². The van der Waals surface area contributed by atoms with Crippen LogP contribution in [0.1, 0.15) is 70.3 Å². The van der Waals surface area contributed by atoms with E-state index in [9.17, 15) is 10.2 Å². The van der Waals surface area contributed by atoms with E-state index in [2.05, 4.69) is 0 Å². The topological polar surface area (TPSA) is 49.7 Å². The van der Waals surface area contributed by atoms with E-state index in [4.69, 9.17) is 4.74 Å². The van der Waals surface area contributed by atoms with Crippen LogP contribution in [0.4, 0.5) is 0 Å². The van der Waals surface area contributed by atoms with Gasteiger partial charge in [-0.1, -0.05) is 57.6 Å². The molecule has 0 aliphatic rings. The van der Waals surface area contributed by atoms with Crippen LogP contribution >= 0.6 is 0 Å². The number of aryl methyl sites for hydroxylation is 1. The summed E-state index contributed by atoms with van der Waals surface area (Å²) < 4.78 is 5.13. The highest BCUT2D eigenvalue weighted by Gasteiger charge is 2.06. The van der Waals surface area contributed by atoms with E-state index < -0.39 is 0 Å². The van der Waals surface area contributed by atoms with Crippen LogP contribution in [0.25, 0.3) is 0 Å². The highest BCUT2D eigenvalue weighted by atomic mass is 16.5. The summed E-state index contributed by atoms with van der Waals surface area (Å²) >= 11 is 0. The summed E-state index contributed by atoms with van der Waals surface area (Å²) in [6.07, 6.45) is 11.1. The molecular weight excluding hydrogens is 276 g/mol. The van der Waals surface area contributed by atoms with Crippen molar-refractivity contribution in [1.29, 1.82) is 0 Å². The average molecular weight is 308 g/mol. The molecule has 0 amide bonds. The van der Waals surface area contributed by atoms with E-state index in [1.165, 1.54) is 32.1 Å². The fraction of sp³-hybridized carbons (Fsp3) is 0.684. The Morgan fingerprint density at radius 3 is 2.27 bits per heavy atom. The molecule has 0 bridgehead atoms. The molecule has 0 saturated carbocycles. The number of hydrogen-bond donors (Lipinski definition) is 2. The Morgan fingerprint density at radius 2 is 1.64 bits per heavy atom. The first-order valence-corrected chi connectivity index (χ1v) is 8.72. The normalized spacial score (nSPS) is 12.3. The molecule has 1 atom stereocenters. The van der Waals surface area contributed by atoms with Gasteiger partial charge in [0, 0.05) is 0 Å². The van der Waals surface area contributed by atoms with Crippen molar-refractivity contribution in [2.75, 3.05) is 7.11 Å². The Kier molecular flexibility index (Phi) is 9.72. The number of phenolic OH excluding ortho intramolecular Hbond substituents is 1. The smallest absolute Gasteiger partial charge is 0.160 e. The van der Waals surface area contributed by atoms with Crippen molar-refractivity contribution in [2.24, 2.45) is 0 Å². The second-order valence-electron chi connectivity index (χ2n) is 6.04. The molecule has 1 rings (SSSR count). The number of para-hydroxylation sites is 1. The highest BCUT2D eigenvalue weighted by Crippen LogP contribution is 2.30. The van der Waals surface area contributed by atoms with E-state index in [1.807, 2.05) is 19.1 Å². The molecule has 0 heterocycles. The molecule has 0 aromatic heterocycles. The molecule has 1 unspecified atom stereocenters. The maximum absolute atomic E-state index is 10.0. The van der Waals surface area contributed by atoms with Crippen molar-refractivity contribution in [2.45, 2.75) is 77.2 Å². The largest absolute Gasteiger partial charge is 0.504 e. The van der Waals surface area contributed by atoms with Crippen LogP contribution in [0, 0.1) is 0 Å². The second kappa shape index (κ2) is 11.4. The summed E-state index contributed by atoms with van der Waals surface area (Å²) in [4.78, 5) is 0. The molecule has 1 aromatic rings. The third-order valence-corrected chi connectivity index (χ3v) is 4.26. The first kappa shape index (κ1) is 18.8. The van der Waals surface area contributed by atoms with Crippen molar-refractivity contribution < 1.29 is 14.9 Å². The van der Waals surface area contributed by atoms with Gasteiger partial charge >= 0.3 is 0 Å². The van der Waals surface area contributed by atoms with Crippen LogP contribution in [-0.2, 0) is 6.42 Å². The molecule has 3 nitrogen and oxygen atoms in total. The minimum absolute atomic E-state index is 0.101. The molecule has 0 aliphatic carbocycles. The molecule has 126 valence electrons. The van der Waals surface area contributed by atoms with Gasteiger partial charge in [-0.15, -0.1) is 0 Å². The van der Waals surface area contributed by atoms with Crippen molar-refractivity contribution in [3.05, 3.63) is 23.8 Å². The van der Waals surface area contributed by atoms with Crippen molar-refractivity contribution in [3.63, 3.8) is 0 Å². The fourth-order valence-electron chi connectivity index (χ4n) is 2.72. The third-order valence-electron chi connectivity index (χ3n) is 4.26. The van der Waals surface area contributed by atoms with Crippen molar-refractivity contribution in [1.82, 2.24) is 0 Å². The quantitative estimate of drug-likeness (QED) is 0.543. The number of rotatable bonds is 12. The molecule has 0 radical (unpaired) electrons. The fourth-order valence-corrected chi connectivity index (χ4v) is 2.72. The van der Waals surface area contributed by atoms with Gasteiger partial charge in [0.25, 0.3) is 0 Å². The molecule has 0 spiro atoms. The number of aliphatic hydroxyl groups excluding tert-OH is 1. The van der Waals surface area contributed by atoms with Gasteiger partial charge in [0.1, 0.15) is 0 Å². The number of unbranched alkanes of at least 4 members (excludes halogenated alkanes) is 6. The number of methoxy groups -OCH3 is 1. The van der Waals surface area contributed by atoms with Crippen LogP contribution in [-0.4, -0.2) is 23.4 Å². The lowest BCUT2D eigenvalue weighted by Gasteiger charge is -2.09. The third kappa shape index (κ3) is 7.17. The highest BCUT2D eigenvalue weighted by molar-refractivity contribution is 5.45. The van der Waals surface area contributed by atoms with E-state index >= 15 is 0 Å². The molecule has 0 aliphatic heterocycles. The number of aromatic hydroxyl groups is 1. The first-order chi connectivity index (χ1) is 10.7. The van der Waals surface area contributed by atoms with E-state index in [0.29, 0.717) is 11.5 Å².